The number of alkyl halides is 3. The van der Waals surface area contributed by atoms with Crippen molar-refractivity contribution < 1.29 is 17.9 Å². The quantitative estimate of drug-likeness (QED) is 0.878. The number of rotatable bonds is 5. The van der Waals surface area contributed by atoms with E-state index in [-0.39, 0.29) is 17.8 Å². The van der Waals surface area contributed by atoms with Gasteiger partial charge in [0.15, 0.2) is 5.69 Å². The summed E-state index contributed by atoms with van der Waals surface area (Å²) in [5.41, 5.74) is 0.843. The number of methoxy groups -OCH3 is 1. The smallest absolute Gasteiger partial charge is 0.433 e. The van der Waals surface area contributed by atoms with Crippen LogP contribution in [0.1, 0.15) is 29.8 Å². The fourth-order valence-electron chi connectivity index (χ4n) is 2.34. The van der Waals surface area contributed by atoms with Crippen molar-refractivity contribution in [1.29, 1.82) is 0 Å². The van der Waals surface area contributed by atoms with Crippen molar-refractivity contribution in [1.82, 2.24) is 9.97 Å². The summed E-state index contributed by atoms with van der Waals surface area (Å²) in [5.74, 6) is 0.730. The molecular formula is C17H21F3N4O. The monoisotopic (exact) mass is 354 g/mol. The van der Waals surface area contributed by atoms with Gasteiger partial charge in [-0.05, 0) is 19.9 Å². The number of nitrogens with one attached hydrogen (secondary N) is 1. The second-order valence-corrected chi connectivity index (χ2v) is 5.94. The second-order valence-electron chi connectivity index (χ2n) is 5.94. The van der Waals surface area contributed by atoms with Gasteiger partial charge in [0, 0.05) is 25.7 Å². The molecule has 0 aliphatic heterocycles. The van der Waals surface area contributed by atoms with Crippen LogP contribution < -0.4 is 15.0 Å². The third-order valence-corrected chi connectivity index (χ3v) is 3.66. The van der Waals surface area contributed by atoms with Crippen molar-refractivity contribution in [3.05, 3.63) is 41.1 Å². The molecule has 136 valence electrons. The topological polar surface area (TPSA) is 50.3 Å². The van der Waals surface area contributed by atoms with Gasteiger partial charge < -0.3 is 15.0 Å². The molecule has 1 heterocycles. The second kappa shape index (κ2) is 7.16. The summed E-state index contributed by atoms with van der Waals surface area (Å²) < 4.78 is 44.6. The van der Waals surface area contributed by atoms with Gasteiger partial charge in [0.25, 0.3) is 0 Å². The Morgan fingerprint density at radius 1 is 1.16 bits per heavy atom. The van der Waals surface area contributed by atoms with Crippen LogP contribution in [0.5, 0.6) is 5.75 Å². The highest BCUT2D eigenvalue weighted by atomic mass is 19.4. The molecule has 1 atom stereocenters. The van der Waals surface area contributed by atoms with E-state index in [1.807, 2.05) is 32.0 Å². The Morgan fingerprint density at radius 2 is 1.84 bits per heavy atom. The van der Waals surface area contributed by atoms with Gasteiger partial charge in [-0.2, -0.15) is 18.2 Å². The zero-order chi connectivity index (χ0) is 18.8. The van der Waals surface area contributed by atoms with Gasteiger partial charge in [0.05, 0.1) is 13.2 Å². The van der Waals surface area contributed by atoms with E-state index in [9.17, 15) is 13.2 Å². The van der Waals surface area contributed by atoms with E-state index in [0.717, 1.165) is 17.2 Å². The molecule has 0 aliphatic rings. The molecule has 25 heavy (non-hydrogen) atoms. The van der Waals surface area contributed by atoms with Crippen LogP contribution in [0.4, 0.5) is 24.9 Å². The summed E-state index contributed by atoms with van der Waals surface area (Å²) >= 11 is 0. The highest BCUT2D eigenvalue weighted by Crippen LogP contribution is 2.32. The maximum atomic E-state index is 13.1. The lowest BCUT2D eigenvalue weighted by Crippen LogP contribution is -2.18. The predicted octanol–water partition coefficient (Wildman–Crippen LogP) is 4.05. The van der Waals surface area contributed by atoms with E-state index in [4.69, 9.17) is 4.74 Å². The molecule has 1 N–H and O–H groups in total. The molecule has 1 aromatic carbocycles. The van der Waals surface area contributed by atoms with Crippen LogP contribution >= 0.6 is 0 Å². The summed E-state index contributed by atoms with van der Waals surface area (Å²) in [6.45, 7) is 3.75. The standard InChI is InChI=1S/C17H21F3N4O/c1-10-6-7-13(25-5)12(8-10)11(2)21-16-22-14(17(18,19)20)9-15(23-16)24(3)4/h6-9,11H,1-5H3,(H,21,22,23). The first-order valence-electron chi connectivity index (χ1n) is 7.66. The van der Waals surface area contributed by atoms with Crippen molar-refractivity contribution >= 4 is 11.8 Å². The van der Waals surface area contributed by atoms with Gasteiger partial charge in [-0.1, -0.05) is 17.7 Å². The van der Waals surface area contributed by atoms with Crippen LogP contribution in [0.15, 0.2) is 24.3 Å². The number of aromatic nitrogens is 2. The predicted molar refractivity (Wildman–Crippen MR) is 91.1 cm³/mol. The maximum absolute atomic E-state index is 13.1. The molecule has 2 rings (SSSR count). The van der Waals surface area contributed by atoms with E-state index >= 15 is 0 Å². The molecule has 0 fully saturated rings. The Labute approximate surface area is 144 Å². The fraction of sp³-hybridized carbons (Fsp3) is 0.412. The molecule has 0 saturated carbocycles. The summed E-state index contributed by atoms with van der Waals surface area (Å²) in [4.78, 5) is 9.27. The largest absolute Gasteiger partial charge is 0.496 e. The Hall–Kier alpha value is -2.51. The molecule has 5 nitrogen and oxygen atoms in total. The summed E-state index contributed by atoms with van der Waals surface area (Å²) in [5, 5.41) is 2.94. The number of anilines is 2. The molecule has 1 unspecified atom stereocenters. The molecule has 0 bridgehead atoms. The average molecular weight is 354 g/mol. The van der Waals surface area contributed by atoms with Crippen LogP contribution in [-0.4, -0.2) is 31.2 Å². The summed E-state index contributed by atoms with van der Waals surface area (Å²) in [6.07, 6.45) is -4.55. The molecule has 0 saturated heterocycles. The SMILES string of the molecule is COc1ccc(C)cc1C(C)Nc1nc(N(C)C)cc(C(F)(F)F)n1. The molecule has 1 aromatic heterocycles. The van der Waals surface area contributed by atoms with E-state index < -0.39 is 11.9 Å². The minimum absolute atomic E-state index is 0.0883. The van der Waals surface area contributed by atoms with Crippen LogP contribution in [-0.2, 0) is 6.18 Å². The van der Waals surface area contributed by atoms with Crippen molar-refractivity contribution in [2.24, 2.45) is 0 Å². The van der Waals surface area contributed by atoms with Gasteiger partial charge in [0.1, 0.15) is 11.6 Å². The van der Waals surface area contributed by atoms with Gasteiger partial charge in [-0.3, -0.25) is 0 Å². The summed E-state index contributed by atoms with van der Waals surface area (Å²) in [6, 6.07) is 6.22. The number of hydrogen-bond acceptors (Lipinski definition) is 5. The van der Waals surface area contributed by atoms with Crippen LogP contribution in [0, 0.1) is 6.92 Å². The molecule has 0 amide bonds. The van der Waals surface area contributed by atoms with E-state index in [1.54, 1.807) is 21.2 Å². The lowest BCUT2D eigenvalue weighted by atomic mass is 10.0. The lowest BCUT2D eigenvalue weighted by molar-refractivity contribution is -0.141. The number of hydrogen-bond donors (Lipinski definition) is 1. The molecule has 0 radical (unpaired) electrons. The number of ether oxygens (including phenoxy) is 1. The first-order valence-corrected chi connectivity index (χ1v) is 7.66. The average Bonchev–Trinajstić information content (AvgIpc) is 2.53. The van der Waals surface area contributed by atoms with Crippen LogP contribution in [0.3, 0.4) is 0 Å². The van der Waals surface area contributed by atoms with E-state index in [2.05, 4.69) is 15.3 Å². The van der Waals surface area contributed by atoms with Gasteiger partial charge in [-0.15, -0.1) is 0 Å². The Morgan fingerprint density at radius 3 is 2.40 bits per heavy atom. The number of benzene rings is 1. The molecule has 8 heteroatoms. The normalized spacial score (nSPS) is 12.6. The lowest BCUT2D eigenvalue weighted by Gasteiger charge is -2.20. The molecule has 2 aromatic rings. The molecule has 0 aliphatic carbocycles. The third-order valence-electron chi connectivity index (χ3n) is 3.66. The van der Waals surface area contributed by atoms with Crippen molar-refractivity contribution in [3.63, 3.8) is 0 Å². The third kappa shape index (κ3) is 4.52. The minimum Gasteiger partial charge on any atom is -0.496 e. The Balaban J connectivity index is 2.39. The van der Waals surface area contributed by atoms with Gasteiger partial charge >= 0.3 is 6.18 Å². The van der Waals surface area contributed by atoms with E-state index in [1.165, 1.54) is 4.90 Å². The minimum atomic E-state index is -4.55. The number of aryl methyl sites for hydroxylation is 1. The maximum Gasteiger partial charge on any atom is 0.433 e. The zero-order valence-corrected chi connectivity index (χ0v) is 14.8. The highest BCUT2D eigenvalue weighted by Gasteiger charge is 2.34. The van der Waals surface area contributed by atoms with Gasteiger partial charge in [0.2, 0.25) is 5.95 Å². The Bertz CT molecular complexity index is 747. The van der Waals surface area contributed by atoms with Crippen molar-refractivity contribution in [2.45, 2.75) is 26.1 Å². The van der Waals surface area contributed by atoms with Crippen molar-refractivity contribution in [2.75, 3.05) is 31.4 Å². The summed E-state index contributed by atoms with van der Waals surface area (Å²) in [7, 11) is 4.80. The highest BCUT2D eigenvalue weighted by molar-refractivity contribution is 5.47. The fourth-order valence-corrected chi connectivity index (χ4v) is 2.34. The first-order chi connectivity index (χ1) is 11.6. The van der Waals surface area contributed by atoms with Crippen molar-refractivity contribution in [3.8, 4) is 5.75 Å². The Kier molecular flexibility index (Phi) is 5.39. The molecular weight excluding hydrogens is 333 g/mol. The van der Waals surface area contributed by atoms with E-state index in [0.29, 0.717) is 5.75 Å². The number of halogens is 3. The number of nitrogens with zero attached hydrogens (tertiary/aromatic N) is 3. The van der Waals surface area contributed by atoms with Crippen LogP contribution in [0.25, 0.3) is 0 Å². The van der Waals surface area contributed by atoms with Gasteiger partial charge in [-0.25, -0.2) is 4.98 Å². The van der Waals surface area contributed by atoms with Crippen LogP contribution in [0.2, 0.25) is 0 Å². The molecule has 0 spiro atoms. The first kappa shape index (κ1) is 18.8. The zero-order valence-electron chi connectivity index (χ0n) is 14.8.